The van der Waals surface area contributed by atoms with Crippen molar-refractivity contribution in [2.24, 2.45) is 0 Å². The molecule has 0 radical (unpaired) electrons. The van der Waals surface area contributed by atoms with Crippen LogP contribution in [0.4, 0.5) is 10.6 Å². The Hall–Kier alpha value is -2.77. The normalized spacial score (nSPS) is 20.0. The van der Waals surface area contributed by atoms with Crippen molar-refractivity contribution in [2.45, 2.75) is 31.2 Å². The number of likely N-dealkylation sites (tertiary alicyclic amines) is 1. The number of para-hydroxylation sites is 1. The van der Waals surface area contributed by atoms with Crippen LogP contribution in [-0.2, 0) is 12.8 Å². The molecule has 5 rings (SSSR count). The number of carbonyl (C=O) groups is 1. The monoisotopic (exact) mass is 461 g/mol. The van der Waals surface area contributed by atoms with E-state index in [4.69, 9.17) is 5.10 Å². The summed E-state index contributed by atoms with van der Waals surface area (Å²) in [6, 6.07) is 20.5. The molecular weight excluding hydrogens is 430 g/mol. The number of fused-ring (bicyclic) bond motifs is 1. The van der Waals surface area contributed by atoms with Gasteiger partial charge in [0, 0.05) is 36.9 Å². The number of carbonyl (C=O) groups excluding carboxylic acids is 1. The number of hydrogen-bond donors (Lipinski definition) is 2. The standard InChI is InChI=1S/C26H31N5OS/c1-33-16-15-30-17-22(19-9-4-2-5-10-19)24(18-30)27-26(32)28-25-21-13-8-14-23(21)29-31(25)20-11-6-3-7-12-20/h2-7,9-12,22,24H,8,13-18H2,1H3,(H2,27,28,32)/t22-,24+/m1/s1. The second-order valence-corrected chi connectivity index (χ2v) is 9.83. The molecule has 2 aromatic carbocycles. The number of hydrogen-bond acceptors (Lipinski definition) is 4. The maximum Gasteiger partial charge on any atom is 0.320 e. The summed E-state index contributed by atoms with van der Waals surface area (Å²) >= 11 is 1.86. The molecule has 1 aliphatic carbocycles. The third kappa shape index (κ3) is 4.80. The summed E-state index contributed by atoms with van der Waals surface area (Å²) in [4.78, 5) is 15.7. The van der Waals surface area contributed by atoms with Crippen molar-refractivity contribution >= 4 is 23.6 Å². The molecule has 1 saturated heterocycles. The minimum atomic E-state index is -0.153. The van der Waals surface area contributed by atoms with Gasteiger partial charge in [-0.05, 0) is 43.2 Å². The summed E-state index contributed by atoms with van der Waals surface area (Å²) in [6.45, 7) is 2.87. The largest absolute Gasteiger partial charge is 0.333 e. The molecule has 2 atom stereocenters. The number of aryl methyl sites for hydroxylation is 1. The molecule has 1 fully saturated rings. The van der Waals surface area contributed by atoms with E-state index < -0.39 is 0 Å². The summed E-state index contributed by atoms with van der Waals surface area (Å²) in [5, 5.41) is 11.3. The number of benzene rings is 2. The van der Waals surface area contributed by atoms with Gasteiger partial charge in [-0.3, -0.25) is 10.2 Å². The predicted octanol–water partition coefficient (Wildman–Crippen LogP) is 4.31. The number of rotatable bonds is 7. The number of urea groups is 1. The molecule has 2 aliphatic rings. The van der Waals surface area contributed by atoms with Gasteiger partial charge in [0.05, 0.1) is 17.4 Å². The van der Waals surface area contributed by atoms with Gasteiger partial charge >= 0.3 is 6.03 Å². The van der Waals surface area contributed by atoms with E-state index in [0.717, 1.165) is 61.8 Å². The van der Waals surface area contributed by atoms with Crippen molar-refractivity contribution in [3.05, 3.63) is 77.5 Å². The highest BCUT2D eigenvalue weighted by Gasteiger charge is 2.35. The molecule has 2 N–H and O–H groups in total. The number of aromatic nitrogens is 2. The summed E-state index contributed by atoms with van der Waals surface area (Å²) in [5.74, 6) is 2.19. The molecular formula is C26H31N5OS. The van der Waals surface area contributed by atoms with Crippen molar-refractivity contribution in [2.75, 3.05) is 37.0 Å². The van der Waals surface area contributed by atoms with Crippen molar-refractivity contribution in [1.29, 1.82) is 0 Å². The SMILES string of the molecule is CSCCN1C[C@H](NC(=O)Nc2c3c(nn2-c2ccccc2)CCC3)[C@@H](c2ccccc2)C1. The van der Waals surface area contributed by atoms with Crippen LogP contribution in [0.2, 0.25) is 0 Å². The van der Waals surface area contributed by atoms with Gasteiger partial charge in [0.2, 0.25) is 0 Å². The molecule has 2 amide bonds. The highest BCUT2D eigenvalue weighted by atomic mass is 32.2. The predicted molar refractivity (Wildman–Crippen MR) is 136 cm³/mol. The quantitative estimate of drug-likeness (QED) is 0.550. The molecule has 33 heavy (non-hydrogen) atoms. The van der Waals surface area contributed by atoms with Crippen molar-refractivity contribution in [3.8, 4) is 5.69 Å². The fourth-order valence-electron chi connectivity index (χ4n) is 5.06. The smallest absolute Gasteiger partial charge is 0.320 e. The topological polar surface area (TPSA) is 62.2 Å². The Bertz CT molecular complexity index is 1080. The summed E-state index contributed by atoms with van der Waals surface area (Å²) in [7, 11) is 0. The number of thioether (sulfide) groups is 1. The van der Waals surface area contributed by atoms with E-state index in [0.29, 0.717) is 0 Å². The molecule has 172 valence electrons. The molecule has 0 bridgehead atoms. The molecule has 6 nitrogen and oxygen atoms in total. The lowest BCUT2D eigenvalue weighted by Crippen LogP contribution is -2.42. The van der Waals surface area contributed by atoms with Crippen LogP contribution >= 0.6 is 11.8 Å². The van der Waals surface area contributed by atoms with E-state index in [9.17, 15) is 4.79 Å². The summed E-state index contributed by atoms with van der Waals surface area (Å²) < 4.78 is 1.89. The Kier molecular flexibility index (Phi) is 6.69. The molecule has 0 saturated carbocycles. The van der Waals surface area contributed by atoms with Gasteiger partial charge in [0.1, 0.15) is 5.82 Å². The molecule has 0 unspecified atom stereocenters. The Morgan fingerprint density at radius 3 is 2.58 bits per heavy atom. The Morgan fingerprint density at radius 1 is 1.06 bits per heavy atom. The lowest BCUT2D eigenvalue weighted by atomic mass is 9.94. The third-order valence-corrected chi connectivity index (χ3v) is 7.28. The van der Waals surface area contributed by atoms with Gasteiger partial charge in [-0.25, -0.2) is 9.48 Å². The van der Waals surface area contributed by atoms with Crippen LogP contribution in [0.5, 0.6) is 0 Å². The molecule has 1 aliphatic heterocycles. The van der Waals surface area contributed by atoms with Crippen LogP contribution in [0, 0.1) is 0 Å². The van der Waals surface area contributed by atoms with E-state index in [1.807, 2.05) is 52.8 Å². The number of nitrogens with zero attached hydrogens (tertiary/aromatic N) is 3. The fourth-order valence-corrected chi connectivity index (χ4v) is 5.50. The zero-order chi connectivity index (χ0) is 22.6. The molecule has 1 aromatic heterocycles. The molecule has 0 spiro atoms. The van der Waals surface area contributed by atoms with Crippen LogP contribution in [0.1, 0.15) is 29.2 Å². The zero-order valence-corrected chi connectivity index (χ0v) is 19.9. The first-order valence-corrected chi connectivity index (χ1v) is 13.1. The first kappa shape index (κ1) is 22.0. The van der Waals surface area contributed by atoms with E-state index in [-0.39, 0.29) is 18.0 Å². The second-order valence-electron chi connectivity index (χ2n) is 8.85. The van der Waals surface area contributed by atoms with Gasteiger partial charge in [0.25, 0.3) is 0 Å². The Labute approximate surface area is 199 Å². The van der Waals surface area contributed by atoms with E-state index in [1.165, 1.54) is 11.1 Å². The van der Waals surface area contributed by atoms with Crippen LogP contribution in [-0.4, -0.2) is 58.4 Å². The van der Waals surface area contributed by atoms with Crippen LogP contribution < -0.4 is 10.6 Å². The minimum absolute atomic E-state index is 0.0652. The molecule has 7 heteroatoms. The second kappa shape index (κ2) is 10.0. The lowest BCUT2D eigenvalue weighted by molar-refractivity contribution is 0.247. The highest BCUT2D eigenvalue weighted by molar-refractivity contribution is 7.98. The van der Waals surface area contributed by atoms with Gasteiger partial charge in [-0.1, -0.05) is 48.5 Å². The first-order valence-electron chi connectivity index (χ1n) is 11.7. The fraction of sp³-hybridized carbons (Fsp3) is 0.385. The average molecular weight is 462 g/mol. The highest BCUT2D eigenvalue weighted by Crippen LogP contribution is 2.32. The summed E-state index contributed by atoms with van der Waals surface area (Å²) in [6.07, 6.45) is 5.15. The number of anilines is 1. The van der Waals surface area contributed by atoms with Crippen LogP contribution in [0.3, 0.4) is 0 Å². The summed E-state index contributed by atoms with van der Waals surface area (Å²) in [5.41, 5.74) is 4.51. The molecule has 2 heterocycles. The van der Waals surface area contributed by atoms with Gasteiger partial charge in [0.15, 0.2) is 0 Å². The number of amides is 2. The van der Waals surface area contributed by atoms with E-state index >= 15 is 0 Å². The van der Waals surface area contributed by atoms with Gasteiger partial charge in [-0.2, -0.15) is 16.9 Å². The maximum atomic E-state index is 13.3. The van der Waals surface area contributed by atoms with Crippen molar-refractivity contribution in [1.82, 2.24) is 20.0 Å². The minimum Gasteiger partial charge on any atom is -0.333 e. The maximum absolute atomic E-state index is 13.3. The van der Waals surface area contributed by atoms with Crippen molar-refractivity contribution < 1.29 is 4.79 Å². The average Bonchev–Trinajstić information content (AvgIpc) is 3.55. The molecule has 3 aromatic rings. The van der Waals surface area contributed by atoms with Gasteiger partial charge in [-0.15, -0.1) is 0 Å². The Balaban J connectivity index is 1.35. The first-order chi connectivity index (χ1) is 16.2. The van der Waals surface area contributed by atoms with E-state index in [2.05, 4.69) is 46.1 Å². The van der Waals surface area contributed by atoms with Crippen LogP contribution in [0.15, 0.2) is 60.7 Å². The lowest BCUT2D eigenvalue weighted by Gasteiger charge is -2.21. The van der Waals surface area contributed by atoms with Crippen LogP contribution in [0.25, 0.3) is 5.69 Å². The number of nitrogens with one attached hydrogen (secondary N) is 2. The third-order valence-electron chi connectivity index (χ3n) is 6.69. The van der Waals surface area contributed by atoms with Crippen molar-refractivity contribution in [3.63, 3.8) is 0 Å². The Morgan fingerprint density at radius 2 is 1.82 bits per heavy atom. The zero-order valence-electron chi connectivity index (χ0n) is 19.0. The van der Waals surface area contributed by atoms with Gasteiger partial charge < -0.3 is 5.32 Å². The van der Waals surface area contributed by atoms with E-state index in [1.54, 1.807) is 0 Å².